The normalized spacial score (nSPS) is 11.6. The molecule has 1 N–H and O–H groups in total. The molecule has 1 aromatic heterocycles. The predicted octanol–water partition coefficient (Wildman–Crippen LogP) is 1.45. The summed E-state index contributed by atoms with van der Waals surface area (Å²) in [4.78, 5) is 10.8. The van der Waals surface area contributed by atoms with Crippen LogP contribution in [0.3, 0.4) is 0 Å². The molecule has 0 fully saturated rings. The van der Waals surface area contributed by atoms with Crippen molar-refractivity contribution in [2.75, 3.05) is 0 Å². The second-order valence-corrected chi connectivity index (χ2v) is 6.83. The van der Waals surface area contributed by atoms with Crippen LogP contribution in [0.2, 0.25) is 5.02 Å². The maximum absolute atomic E-state index is 12.3. The van der Waals surface area contributed by atoms with Crippen LogP contribution in [0.1, 0.15) is 22.0 Å². The van der Waals surface area contributed by atoms with Gasteiger partial charge in [-0.1, -0.05) is 11.6 Å². The number of hydrogen-bond acceptors (Lipinski definition) is 5. The second-order valence-electron chi connectivity index (χ2n) is 4.43. The maximum atomic E-state index is 12.3. The zero-order chi connectivity index (χ0) is 15.8. The number of hydrogen-bond donors (Lipinski definition) is 1. The summed E-state index contributed by atoms with van der Waals surface area (Å²) in [5.41, 5.74) is -0.148. The molecule has 0 saturated carbocycles. The molecule has 2 aromatic rings. The van der Waals surface area contributed by atoms with Crippen molar-refractivity contribution in [2.45, 2.75) is 17.6 Å². The number of aromatic nitrogens is 3. The fraction of sp³-hybridized carbons (Fsp3) is 0.250. The number of aryl methyl sites for hydroxylation is 1. The van der Waals surface area contributed by atoms with Crippen LogP contribution in [-0.4, -0.2) is 34.3 Å². The minimum Gasteiger partial charge on any atom is -0.478 e. The molecule has 0 bridgehead atoms. The Labute approximate surface area is 126 Å². The van der Waals surface area contributed by atoms with Crippen LogP contribution in [0.25, 0.3) is 0 Å². The van der Waals surface area contributed by atoms with E-state index in [1.165, 1.54) is 12.1 Å². The first kappa shape index (κ1) is 15.5. The van der Waals surface area contributed by atoms with E-state index in [0.29, 0.717) is 11.6 Å². The van der Waals surface area contributed by atoms with Crippen LogP contribution in [0.15, 0.2) is 23.1 Å². The molecule has 0 amide bonds. The van der Waals surface area contributed by atoms with E-state index in [1.54, 1.807) is 18.5 Å². The number of carboxylic acids is 1. The van der Waals surface area contributed by atoms with Crippen LogP contribution in [-0.2, 0) is 22.6 Å². The van der Waals surface area contributed by atoms with Crippen molar-refractivity contribution in [3.05, 3.63) is 40.4 Å². The topological polar surface area (TPSA) is 102 Å². The lowest BCUT2D eigenvalue weighted by atomic mass is 10.2. The molecule has 0 spiro atoms. The summed E-state index contributed by atoms with van der Waals surface area (Å²) in [6.45, 7) is 1.71. The van der Waals surface area contributed by atoms with Crippen LogP contribution in [0.4, 0.5) is 0 Å². The average Bonchev–Trinajstić information content (AvgIpc) is 2.69. The van der Waals surface area contributed by atoms with Gasteiger partial charge in [-0.05, 0) is 25.1 Å². The van der Waals surface area contributed by atoms with E-state index in [9.17, 15) is 13.2 Å². The fourth-order valence-corrected chi connectivity index (χ4v) is 3.35. The van der Waals surface area contributed by atoms with Gasteiger partial charge in [-0.15, -0.1) is 10.2 Å². The van der Waals surface area contributed by atoms with Gasteiger partial charge < -0.3 is 9.67 Å². The Morgan fingerprint density at radius 3 is 2.52 bits per heavy atom. The summed E-state index contributed by atoms with van der Waals surface area (Å²) in [6, 6.07) is 3.51. The monoisotopic (exact) mass is 329 g/mol. The van der Waals surface area contributed by atoms with Crippen molar-refractivity contribution < 1.29 is 18.3 Å². The van der Waals surface area contributed by atoms with Crippen molar-refractivity contribution in [1.29, 1.82) is 0 Å². The lowest BCUT2D eigenvalue weighted by Crippen LogP contribution is -2.10. The quantitative estimate of drug-likeness (QED) is 0.910. The molecule has 0 radical (unpaired) electrons. The Morgan fingerprint density at radius 1 is 1.38 bits per heavy atom. The highest BCUT2D eigenvalue weighted by molar-refractivity contribution is 7.90. The highest BCUT2D eigenvalue weighted by atomic mass is 35.5. The molecule has 0 unspecified atom stereocenters. The van der Waals surface area contributed by atoms with E-state index >= 15 is 0 Å². The summed E-state index contributed by atoms with van der Waals surface area (Å²) in [5, 5.41) is 16.3. The van der Waals surface area contributed by atoms with Crippen molar-refractivity contribution in [1.82, 2.24) is 14.8 Å². The molecule has 0 aliphatic carbocycles. The first-order chi connectivity index (χ1) is 9.72. The summed E-state index contributed by atoms with van der Waals surface area (Å²) < 4.78 is 26.2. The van der Waals surface area contributed by atoms with Crippen molar-refractivity contribution in [3.8, 4) is 0 Å². The van der Waals surface area contributed by atoms with Gasteiger partial charge in [-0.3, -0.25) is 0 Å². The summed E-state index contributed by atoms with van der Waals surface area (Å²) in [6.07, 6.45) is 0. The Balaban J connectivity index is 2.38. The van der Waals surface area contributed by atoms with Crippen LogP contribution < -0.4 is 0 Å². The number of aromatic carboxylic acids is 1. The second kappa shape index (κ2) is 5.45. The number of nitrogens with zero attached hydrogens (tertiary/aromatic N) is 3. The van der Waals surface area contributed by atoms with E-state index < -0.39 is 15.8 Å². The molecule has 0 saturated heterocycles. The standard InChI is InChI=1S/C12H12ClN3O4S/c1-7-14-15-11(16(7)2)6-21(19,20)8-3-4-9(12(17)18)10(13)5-8/h3-5H,6H2,1-2H3,(H,17,18). The molecule has 0 aliphatic heterocycles. The molecular formula is C12H12ClN3O4S. The highest BCUT2D eigenvalue weighted by Crippen LogP contribution is 2.23. The van der Waals surface area contributed by atoms with Gasteiger partial charge in [0.1, 0.15) is 17.4 Å². The van der Waals surface area contributed by atoms with E-state index in [0.717, 1.165) is 6.07 Å². The van der Waals surface area contributed by atoms with Gasteiger partial charge in [0.15, 0.2) is 9.84 Å². The molecule has 0 atom stereocenters. The third-order valence-electron chi connectivity index (χ3n) is 3.03. The molecular weight excluding hydrogens is 318 g/mol. The Hall–Kier alpha value is -1.93. The first-order valence-electron chi connectivity index (χ1n) is 5.83. The van der Waals surface area contributed by atoms with Crippen molar-refractivity contribution in [2.24, 2.45) is 7.05 Å². The summed E-state index contributed by atoms with van der Waals surface area (Å²) >= 11 is 5.79. The molecule has 7 nitrogen and oxygen atoms in total. The lowest BCUT2D eigenvalue weighted by molar-refractivity contribution is 0.0697. The number of carboxylic acid groups (broad SMARTS) is 1. The summed E-state index contributed by atoms with van der Waals surface area (Å²) in [5.74, 6) is -0.661. The van der Waals surface area contributed by atoms with E-state index in [1.807, 2.05) is 0 Å². The van der Waals surface area contributed by atoms with E-state index in [4.69, 9.17) is 16.7 Å². The van der Waals surface area contributed by atoms with Crippen molar-refractivity contribution >= 4 is 27.4 Å². The number of benzene rings is 1. The third kappa shape index (κ3) is 3.06. The molecule has 1 heterocycles. The molecule has 1 aromatic carbocycles. The van der Waals surface area contributed by atoms with Crippen molar-refractivity contribution in [3.63, 3.8) is 0 Å². The Bertz CT molecular complexity index is 814. The third-order valence-corrected chi connectivity index (χ3v) is 4.96. The fourth-order valence-electron chi connectivity index (χ4n) is 1.69. The zero-order valence-electron chi connectivity index (χ0n) is 11.2. The predicted molar refractivity (Wildman–Crippen MR) is 75.0 cm³/mol. The summed E-state index contributed by atoms with van der Waals surface area (Å²) in [7, 11) is -2.02. The number of rotatable bonds is 4. The van der Waals surface area contributed by atoms with E-state index in [2.05, 4.69) is 10.2 Å². The minimum absolute atomic E-state index is 0.0573. The van der Waals surface area contributed by atoms with Crippen LogP contribution >= 0.6 is 11.6 Å². The van der Waals surface area contributed by atoms with Gasteiger partial charge in [0.05, 0.1) is 15.5 Å². The van der Waals surface area contributed by atoms with Gasteiger partial charge in [0.2, 0.25) is 0 Å². The van der Waals surface area contributed by atoms with Crippen LogP contribution in [0.5, 0.6) is 0 Å². The lowest BCUT2D eigenvalue weighted by Gasteiger charge is -2.06. The zero-order valence-corrected chi connectivity index (χ0v) is 12.8. The smallest absolute Gasteiger partial charge is 0.337 e. The molecule has 2 rings (SSSR count). The van der Waals surface area contributed by atoms with Crippen LogP contribution in [0, 0.1) is 6.92 Å². The molecule has 9 heteroatoms. The molecule has 21 heavy (non-hydrogen) atoms. The van der Waals surface area contributed by atoms with Gasteiger partial charge in [0, 0.05) is 7.05 Å². The molecule has 112 valence electrons. The Morgan fingerprint density at radius 2 is 2.05 bits per heavy atom. The van der Waals surface area contributed by atoms with Gasteiger partial charge in [-0.2, -0.15) is 0 Å². The number of sulfone groups is 1. The Kier molecular flexibility index (Phi) is 4.02. The largest absolute Gasteiger partial charge is 0.478 e. The first-order valence-corrected chi connectivity index (χ1v) is 7.86. The minimum atomic E-state index is -3.69. The average molecular weight is 330 g/mol. The SMILES string of the molecule is Cc1nnc(CS(=O)(=O)c2ccc(C(=O)O)c(Cl)c2)n1C. The van der Waals surface area contributed by atoms with Gasteiger partial charge in [0.25, 0.3) is 0 Å². The van der Waals surface area contributed by atoms with Gasteiger partial charge in [-0.25, -0.2) is 13.2 Å². The number of carbonyl (C=O) groups is 1. The number of halogens is 1. The van der Waals surface area contributed by atoms with E-state index in [-0.39, 0.29) is 21.2 Å². The maximum Gasteiger partial charge on any atom is 0.337 e. The highest BCUT2D eigenvalue weighted by Gasteiger charge is 2.21. The molecule has 0 aliphatic rings. The van der Waals surface area contributed by atoms with Gasteiger partial charge >= 0.3 is 5.97 Å².